The molecule has 2 N–H and O–H groups in total. The number of rotatable bonds is 18. The summed E-state index contributed by atoms with van der Waals surface area (Å²) >= 11 is 0. The van der Waals surface area contributed by atoms with Crippen LogP contribution in [0.15, 0.2) is 24.3 Å². The molecule has 1 aliphatic heterocycles. The van der Waals surface area contributed by atoms with Crippen LogP contribution in [0, 0.1) is 0 Å². The van der Waals surface area contributed by atoms with Gasteiger partial charge in [0.05, 0.1) is 46.2 Å². The molecule has 1 fully saturated rings. The Morgan fingerprint density at radius 1 is 0.783 bits per heavy atom. The molecule has 1 aromatic rings. The van der Waals surface area contributed by atoms with E-state index in [1.165, 1.54) is 19.8 Å². The largest absolute Gasteiger partial charge is 0.491 e. The molecule has 1 saturated heterocycles. The molecule has 264 valence electrons. The third-order valence-electron chi connectivity index (χ3n) is 7.74. The van der Waals surface area contributed by atoms with Gasteiger partial charge in [-0.2, -0.15) is 0 Å². The lowest BCUT2D eigenvalue weighted by molar-refractivity contribution is -0.152. The van der Waals surface area contributed by atoms with Crippen LogP contribution in [0.1, 0.15) is 46.1 Å². The van der Waals surface area contributed by atoms with Gasteiger partial charge in [-0.25, -0.2) is 0 Å². The van der Waals surface area contributed by atoms with Gasteiger partial charge in [0, 0.05) is 59.0 Å². The van der Waals surface area contributed by atoms with Gasteiger partial charge >= 0.3 is 11.9 Å². The molecule has 2 atom stereocenters. The Hall–Kier alpha value is -2.32. The number of nitrogens with zero attached hydrogens (tertiary/aromatic N) is 2. The van der Waals surface area contributed by atoms with Crippen molar-refractivity contribution in [3.8, 4) is 5.75 Å². The Balaban J connectivity index is 1.86. The zero-order valence-corrected chi connectivity index (χ0v) is 29.1. The number of benzene rings is 1. The molecule has 0 amide bonds. The van der Waals surface area contributed by atoms with Crippen molar-refractivity contribution in [1.82, 2.24) is 20.4 Å². The number of ether oxygens (including phenoxy) is 6. The van der Waals surface area contributed by atoms with Crippen LogP contribution in [0.2, 0.25) is 0 Å². The lowest BCUT2D eigenvalue weighted by Crippen LogP contribution is -2.52. The first kappa shape index (κ1) is 39.9. The van der Waals surface area contributed by atoms with Gasteiger partial charge in [-0.1, -0.05) is 12.1 Å². The van der Waals surface area contributed by atoms with E-state index in [1.807, 2.05) is 39.8 Å². The third-order valence-corrected chi connectivity index (χ3v) is 7.74. The molecule has 12 heteroatoms. The molecule has 12 nitrogen and oxygen atoms in total. The third kappa shape index (κ3) is 16.5. The van der Waals surface area contributed by atoms with Gasteiger partial charge in [0.2, 0.25) is 0 Å². The Kier molecular flexibility index (Phi) is 20.0. The summed E-state index contributed by atoms with van der Waals surface area (Å²) in [5.41, 5.74) is 0.845. The normalized spacial score (nSPS) is 17.3. The molecule has 0 radical (unpaired) electrons. The van der Waals surface area contributed by atoms with Crippen molar-refractivity contribution in [2.75, 3.05) is 106 Å². The number of esters is 2. The average molecular weight is 653 g/mol. The van der Waals surface area contributed by atoms with Gasteiger partial charge in [-0.3, -0.25) is 19.4 Å². The van der Waals surface area contributed by atoms with Crippen LogP contribution in [-0.2, 0) is 39.7 Å². The Morgan fingerprint density at radius 3 is 1.85 bits per heavy atom. The summed E-state index contributed by atoms with van der Waals surface area (Å²) < 4.78 is 32.8. The van der Waals surface area contributed by atoms with Crippen molar-refractivity contribution in [2.45, 2.75) is 64.6 Å². The minimum Gasteiger partial charge on any atom is -0.491 e. The lowest BCUT2D eigenvalue weighted by Gasteiger charge is -2.34. The van der Waals surface area contributed by atoms with Crippen LogP contribution >= 0.6 is 0 Å². The molecular formula is C34H60N4O8. The van der Waals surface area contributed by atoms with Gasteiger partial charge in [0.1, 0.15) is 24.4 Å². The number of carbonyl (C=O) groups is 2. The highest BCUT2D eigenvalue weighted by molar-refractivity contribution is 5.76. The molecule has 1 aliphatic rings. The summed E-state index contributed by atoms with van der Waals surface area (Å²) in [5.74, 6) is 0.318. The van der Waals surface area contributed by atoms with Crippen molar-refractivity contribution in [1.29, 1.82) is 0 Å². The van der Waals surface area contributed by atoms with E-state index >= 15 is 0 Å². The Bertz CT molecular complexity index is 945. The van der Waals surface area contributed by atoms with Crippen LogP contribution in [0.5, 0.6) is 5.75 Å². The van der Waals surface area contributed by atoms with Crippen LogP contribution in [0.25, 0.3) is 0 Å². The molecule has 0 aliphatic carbocycles. The maximum atomic E-state index is 12.9. The first-order valence-corrected chi connectivity index (χ1v) is 16.7. The summed E-state index contributed by atoms with van der Waals surface area (Å²) in [6.45, 7) is 16.6. The second-order valence-electron chi connectivity index (χ2n) is 12.3. The average Bonchev–Trinajstić information content (AvgIpc) is 3.03. The first-order chi connectivity index (χ1) is 22.2. The van der Waals surface area contributed by atoms with Gasteiger partial charge in [-0.05, 0) is 64.7 Å². The molecule has 1 aromatic carbocycles. The minimum absolute atomic E-state index is 0.203. The number of aryl methyl sites for hydroxylation is 1. The molecule has 0 aromatic heterocycles. The highest BCUT2D eigenvalue weighted by atomic mass is 16.5. The summed E-state index contributed by atoms with van der Waals surface area (Å²) in [6.07, 6.45) is 2.41. The SMILES string of the molecule is CCOCCOCCOc1ccc(CCCC(C(=O)OC)N2CCNCCN(C(COC(C)(C)C)C(=O)OC)CCNCC2)cc1. The molecule has 2 unspecified atom stereocenters. The molecule has 0 saturated carbocycles. The van der Waals surface area contributed by atoms with Gasteiger partial charge in [0.15, 0.2) is 0 Å². The summed E-state index contributed by atoms with van der Waals surface area (Å²) in [7, 11) is 2.88. The standard InChI is InChI=1S/C34H60N4O8/c1-7-43-23-24-44-25-26-45-29-13-11-28(12-14-29)9-8-10-30(32(39)41-5)37-19-15-35-17-21-38(22-18-36-16-20-37)31(33(40)42-6)27-46-34(2,3)4/h11-14,30-31,35-36H,7-10,15-27H2,1-6H3. The smallest absolute Gasteiger partial charge is 0.325 e. The first-order valence-electron chi connectivity index (χ1n) is 16.7. The van der Waals surface area contributed by atoms with E-state index < -0.39 is 6.04 Å². The van der Waals surface area contributed by atoms with E-state index in [9.17, 15) is 9.59 Å². The van der Waals surface area contributed by atoms with Crippen LogP contribution in [0.3, 0.4) is 0 Å². The predicted octanol–water partition coefficient (Wildman–Crippen LogP) is 2.14. The van der Waals surface area contributed by atoms with Crippen LogP contribution in [0.4, 0.5) is 0 Å². The fraction of sp³-hybridized carbons (Fsp3) is 0.765. The maximum absolute atomic E-state index is 12.9. The Morgan fingerprint density at radius 2 is 1.30 bits per heavy atom. The fourth-order valence-electron chi connectivity index (χ4n) is 5.20. The number of carbonyl (C=O) groups excluding carboxylic acids is 2. The van der Waals surface area contributed by atoms with Crippen molar-refractivity contribution < 1.29 is 38.0 Å². The van der Waals surface area contributed by atoms with E-state index in [0.29, 0.717) is 91.8 Å². The van der Waals surface area contributed by atoms with E-state index in [4.69, 9.17) is 28.4 Å². The lowest BCUT2D eigenvalue weighted by atomic mass is 10.0. The molecular weight excluding hydrogens is 592 g/mol. The topological polar surface area (TPSA) is 120 Å². The van der Waals surface area contributed by atoms with Crippen LogP contribution in [-0.4, -0.2) is 146 Å². The Labute approximate surface area is 276 Å². The summed E-state index contributed by atoms with van der Waals surface area (Å²) in [5, 5.41) is 7.00. The number of hydrogen-bond donors (Lipinski definition) is 2. The van der Waals surface area contributed by atoms with Crippen molar-refractivity contribution in [2.24, 2.45) is 0 Å². The second-order valence-corrected chi connectivity index (χ2v) is 12.3. The van der Waals surface area contributed by atoms with Crippen LogP contribution < -0.4 is 15.4 Å². The van der Waals surface area contributed by atoms with Crippen molar-refractivity contribution >= 4 is 11.9 Å². The molecule has 0 bridgehead atoms. The number of methoxy groups -OCH3 is 2. The van der Waals surface area contributed by atoms with Gasteiger partial charge in [0.25, 0.3) is 0 Å². The van der Waals surface area contributed by atoms with Crippen molar-refractivity contribution in [3.63, 3.8) is 0 Å². The number of hydrogen-bond acceptors (Lipinski definition) is 12. The second kappa shape index (κ2) is 23.1. The quantitative estimate of drug-likeness (QED) is 0.179. The highest BCUT2D eigenvalue weighted by Crippen LogP contribution is 2.17. The molecule has 0 spiro atoms. The summed E-state index contributed by atoms with van der Waals surface area (Å²) in [4.78, 5) is 29.9. The van der Waals surface area contributed by atoms with Crippen molar-refractivity contribution in [3.05, 3.63) is 29.8 Å². The predicted molar refractivity (Wildman–Crippen MR) is 178 cm³/mol. The molecule has 2 rings (SSSR count). The van der Waals surface area contributed by atoms with E-state index in [1.54, 1.807) is 0 Å². The van der Waals surface area contributed by atoms with Gasteiger partial charge < -0.3 is 39.1 Å². The molecule has 46 heavy (non-hydrogen) atoms. The van der Waals surface area contributed by atoms with E-state index in [2.05, 4.69) is 32.6 Å². The van der Waals surface area contributed by atoms with E-state index in [0.717, 1.165) is 18.6 Å². The maximum Gasteiger partial charge on any atom is 0.325 e. The molecule has 1 heterocycles. The zero-order valence-electron chi connectivity index (χ0n) is 29.1. The fourth-order valence-corrected chi connectivity index (χ4v) is 5.20. The monoisotopic (exact) mass is 652 g/mol. The summed E-state index contributed by atoms with van der Waals surface area (Å²) in [6, 6.07) is 7.31. The zero-order chi connectivity index (χ0) is 33.6. The minimum atomic E-state index is -0.477. The number of nitrogens with one attached hydrogen (secondary N) is 2. The highest BCUT2D eigenvalue weighted by Gasteiger charge is 2.30. The van der Waals surface area contributed by atoms with E-state index in [-0.39, 0.29) is 30.2 Å². The van der Waals surface area contributed by atoms with Gasteiger partial charge in [-0.15, -0.1) is 0 Å².